The molecule has 6 aliphatic rings. The van der Waals surface area contributed by atoms with Gasteiger partial charge in [-0.05, 0) is 139 Å². The molecule has 6 atom stereocenters. The Morgan fingerprint density at radius 3 is 0.852 bits per heavy atom. The molecule has 0 radical (unpaired) electrons. The normalized spacial score (nSPS) is 14.4. The second-order valence-electron chi connectivity index (χ2n) is 21.4. The number of anilines is 8. The van der Waals surface area contributed by atoms with Crippen molar-refractivity contribution in [2.45, 2.75) is 303 Å². The molecule has 0 bridgehead atoms. The number of thioether (sulfide) groups is 1. The van der Waals surface area contributed by atoms with Gasteiger partial charge in [0.05, 0.1) is 17.9 Å². The zero-order valence-corrected chi connectivity index (χ0v) is 85.2. The second kappa shape index (κ2) is 84.6. The van der Waals surface area contributed by atoms with E-state index in [0.717, 1.165) is 17.1 Å². The summed E-state index contributed by atoms with van der Waals surface area (Å²) in [5.41, 5.74) is 17.5. The molecule has 0 N–H and O–H groups in total. The van der Waals surface area contributed by atoms with Gasteiger partial charge < -0.3 is 24.3 Å². The summed E-state index contributed by atoms with van der Waals surface area (Å²) in [5, 5.41) is 0.460. The van der Waals surface area contributed by atoms with E-state index < -0.39 is 0 Å². The summed E-state index contributed by atoms with van der Waals surface area (Å²) in [5.74, 6) is 1.79. The summed E-state index contributed by atoms with van der Waals surface area (Å²) in [4.78, 5) is 11.0. The molecule has 16 rings (SSSR count). The summed E-state index contributed by atoms with van der Waals surface area (Å²) < 4.78 is 6.21. The molecule has 3 aliphatic carbocycles. The SMILES string of the molecule is C1=CC2C(C(N(c3ccccc3)c3ccccc3)=C1)c1ccccc1N2c1ccccc1.C1=CC2Oc3ccccc3C2C(N(c2ccccc2)c2ccccc2)=C1.C1=CC2Sc3ccccc3C2C(N(c2ccccc2)c2ccccc2)=C1.CC.CC.CC.CC.CC.CC.CC.CC.CC.CC.CC.CC.CC.CC.CC.CC.CC.CC.CC. The number of hydrogen-bond acceptors (Lipinski definition) is 6. The van der Waals surface area contributed by atoms with Crippen LogP contribution in [0.3, 0.4) is 0 Å². The molecule has 6 unspecified atom stereocenters. The standard InChI is InChI=1S/C30H24N2.C24H19NO.C24H19NS.19C2H6/c1-4-13-23(14-5-1)31(24-15-6-2-7-16-24)28-21-12-22-29-30(28)26-19-10-11-20-27(26)32(29)25-17-8-3-9-18-25;2*1-3-10-18(11-4-1)25(19-12-5-2-6-13-19)21-15-9-17-23-24(21)20-14-7-8-16-22(20)26-23;19*1-2/h1-22,29-30H;2*1-17,23-24H;19*1-2H3. The summed E-state index contributed by atoms with van der Waals surface area (Å²) in [6.07, 6.45) is 20.2. The Balaban J connectivity index is -0.000000346. The average Bonchev–Trinajstić information content (AvgIpc) is 1.58. The molecule has 122 heavy (non-hydrogen) atoms. The summed E-state index contributed by atoms with van der Waals surface area (Å²) in [7, 11) is 0. The van der Waals surface area contributed by atoms with Crippen LogP contribution < -0.4 is 24.3 Å². The highest BCUT2D eigenvalue weighted by molar-refractivity contribution is 8.00. The Morgan fingerprint density at radius 1 is 0.238 bits per heavy atom. The molecular weight excluding hydrogens is 1500 g/mol. The number of hydrogen-bond donors (Lipinski definition) is 0. The first-order chi connectivity index (χ1) is 60.7. The van der Waals surface area contributed by atoms with Crippen molar-refractivity contribution in [3.8, 4) is 5.75 Å². The van der Waals surface area contributed by atoms with Crippen molar-refractivity contribution in [2.24, 2.45) is 0 Å². The van der Waals surface area contributed by atoms with E-state index in [2.05, 4.69) is 353 Å². The highest BCUT2D eigenvalue weighted by atomic mass is 32.2. The number of ether oxygens (including phenoxy) is 1. The van der Waals surface area contributed by atoms with Crippen LogP contribution in [-0.2, 0) is 0 Å². The number of allylic oxidation sites excluding steroid dienone is 7. The maximum atomic E-state index is 6.21. The Bertz CT molecular complexity index is 3790. The zero-order chi connectivity index (χ0) is 94.0. The lowest BCUT2D eigenvalue weighted by Gasteiger charge is -2.37. The Hall–Kier alpha value is -10.0. The first-order valence-corrected chi connectivity index (χ1v) is 48.9. The smallest absolute Gasteiger partial charge is 0.130 e. The molecule has 10 aromatic carbocycles. The maximum Gasteiger partial charge on any atom is 0.130 e. The zero-order valence-electron chi connectivity index (χ0n) is 84.4. The first-order valence-electron chi connectivity index (χ1n) is 48.1. The van der Waals surface area contributed by atoms with Crippen LogP contribution in [0, 0.1) is 0 Å². The van der Waals surface area contributed by atoms with E-state index in [9.17, 15) is 0 Å². The van der Waals surface area contributed by atoms with Gasteiger partial charge in [-0.3, -0.25) is 0 Å². The lowest BCUT2D eigenvalue weighted by Crippen LogP contribution is -2.34. The topological polar surface area (TPSA) is 22.2 Å². The molecule has 3 aliphatic heterocycles. The summed E-state index contributed by atoms with van der Waals surface area (Å²) in [6.45, 7) is 76.0. The van der Waals surface area contributed by atoms with Crippen LogP contribution >= 0.6 is 11.8 Å². The van der Waals surface area contributed by atoms with Gasteiger partial charge in [0.15, 0.2) is 0 Å². The van der Waals surface area contributed by atoms with Crippen LogP contribution in [-0.4, -0.2) is 17.4 Å². The quantitative estimate of drug-likeness (QED) is 0.135. The van der Waals surface area contributed by atoms with Gasteiger partial charge in [-0.2, -0.15) is 0 Å². The lowest BCUT2D eigenvalue weighted by molar-refractivity contribution is 0.264. The third-order valence-corrected chi connectivity index (χ3v) is 17.8. The average molecular weight is 1670 g/mol. The number of rotatable bonds is 10. The minimum atomic E-state index is 0.0438. The van der Waals surface area contributed by atoms with Crippen LogP contribution in [0.25, 0.3) is 0 Å². The van der Waals surface area contributed by atoms with E-state index in [1.54, 1.807) is 0 Å². The van der Waals surface area contributed by atoms with Crippen molar-refractivity contribution < 1.29 is 4.74 Å². The van der Waals surface area contributed by atoms with E-state index in [-0.39, 0.29) is 24.0 Å². The van der Waals surface area contributed by atoms with Crippen LogP contribution in [0.15, 0.2) is 362 Å². The molecule has 672 valence electrons. The number of benzene rings is 10. The fraction of sp³-hybridized carbons (Fsp3) is 0.379. The van der Waals surface area contributed by atoms with Gasteiger partial charge in [0.1, 0.15) is 11.9 Å². The number of nitrogens with zero attached hydrogens (tertiary/aromatic N) is 4. The molecular formula is C116H176N4OS. The molecule has 0 amide bonds. The van der Waals surface area contributed by atoms with Crippen molar-refractivity contribution in [2.75, 3.05) is 19.6 Å². The molecule has 5 nitrogen and oxygen atoms in total. The fourth-order valence-electron chi connectivity index (χ4n) is 12.9. The van der Waals surface area contributed by atoms with Gasteiger partial charge in [0.2, 0.25) is 0 Å². The largest absolute Gasteiger partial charge is 0.485 e. The van der Waals surface area contributed by atoms with E-state index in [1.807, 2.05) is 281 Å². The van der Waals surface area contributed by atoms with Crippen LogP contribution in [0.1, 0.15) is 298 Å². The van der Waals surface area contributed by atoms with Gasteiger partial charge in [-0.15, -0.1) is 11.8 Å². The van der Waals surface area contributed by atoms with Crippen molar-refractivity contribution in [1.82, 2.24) is 0 Å². The second-order valence-corrected chi connectivity index (χ2v) is 22.6. The third-order valence-electron chi connectivity index (χ3n) is 16.4. The molecule has 0 spiro atoms. The fourth-order valence-corrected chi connectivity index (χ4v) is 14.2. The van der Waals surface area contributed by atoms with E-state index in [1.165, 1.54) is 72.8 Å². The number of para-hydroxylation sites is 9. The molecule has 0 saturated heterocycles. The molecule has 0 saturated carbocycles. The summed E-state index contributed by atoms with van der Waals surface area (Å²) >= 11 is 1.98. The van der Waals surface area contributed by atoms with Crippen LogP contribution in [0.4, 0.5) is 45.5 Å². The molecule has 0 fully saturated rings. The first kappa shape index (κ1) is 123. The highest BCUT2D eigenvalue weighted by Gasteiger charge is 2.44. The van der Waals surface area contributed by atoms with Gasteiger partial charge in [0, 0.05) is 84.2 Å². The molecule has 10 aromatic rings. The van der Waals surface area contributed by atoms with Gasteiger partial charge in [-0.25, -0.2) is 0 Å². The maximum absolute atomic E-state index is 6.21. The Kier molecular flexibility index (Phi) is 85.1. The predicted octanol–water partition coefficient (Wildman–Crippen LogP) is 39.4. The van der Waals surface area contributed by atoms with E-state index in [0.29, 0.717) is 11.2 Å². The van der Waals surface area contributed by atoms with Crippen LogP contribution in [0.2, 0.25) is 0 Å². The third kappa shape index (κ3) is 36.6. The van der Waals surface area contributed by atoms with Crippen molar-refractivity contribution >= 4 is 57.3 Å². The van der Waals surface area contributed by atoms with E-state index >= 15 is 0 Å². The van der Waals surface area contributed by atoms with E-state index in [4.69, 9.17) is 4.74 Å². The molecule has 3 heterocycles. The predicted molar refractivity (Wildman–Crippen MR) is 566 cm³/mol. The van der Waals surface area contributed by atoms with Gasteiger partial charge >= 0.3 is 0 Å². The summed E-state index contributed by atoms with van der Waals surface area (Å²) in [6, 6.07) is 101. The Morgan fingerprint density at radius 2 is 0.500 bits per heavy atom. The number of fused-ring (bicyclic) bond motifs is 9. The van der Waals surface area contributed by atoms with Crippen molar-refractivity contribution in [3.63, 3.8) is 0 Å². The monoisotopic (exact) mass is 1670 g/mol. The van der Waals surface area contributed by atoms with Crippen LogP contribution in [0.5, 0.6) is 5.75 Å². The molecule has 6 heteroatoms. The van der Waals surface area contributed by atoms with Gasteiger partial charge in [-0.1, -0.05) is 475 Å². The highest BCUT2D eigenvalue weighted by Crippen LogP contribution is 2.55. The Labute approximate surface area is 759 Å². The van der Waals surface area contributed by atoms with Crippen molar-refractivity contribution in [3.05, 3.63) is 374 Å². The minimum Gasteiger partial charge on any atom is -0.485 e. The van der Waals surface area contributed by atoms with Gasteiger partial charge in [0.25, 0.3) is 0 Å². The minimum absolute atomic E-state index is 0.0438. The molecule has 0 aromatic heterocycles. The van der Waals surface area contributed by atoms with Crippen molar-refractivity contribution in [1.29, 1.82) is 0 Å². The lowest BCUT2D eigenvalue weighted by atomic mass is 9.86.